The van der Waals surface area contributed by atoms with Gasteiger partial charge >= 0.3 is 0 Å². The van der Waals surface area contributed by atoms with E-state index in [1.165, 1.54) is 0 Å². The molecular weight excluding hydrogens is 152 g/mol. The van der Waals surface area contributed by atoms with Gasteiger partial charge in [-0.3, -0.25) is 0 Å². The maximum Gasteiger partial charge on any atom is 0.0571 e. The monoisotopic (exact) mass is 174 g/mol. The molecule has 0 aromatic heterocycles. The van der Waals surface area contributed by atoms with Gasteiger partial charge in [-0.2, -0.15) is 0 Å². The van der Waals surface area contributed by atoms with Gasteiger partial charge in [0.1, 0.15) is 0 Å². The molecule has 74 valence electrons. The SMILES string of the molecule is CCC(O)CC(C)OCC(C)C. The number of ether oxygens (including phenoxy) is 1. The lowest BCUT2D eigenvalue weighted by Gasteiger charge is -2.17. The van der Waals surface area contributed by atoms with E-state index in [0.717, 1.165) is 19.4 Å². The zero-order valence-corrected chi connectivity index (χ0v) is 8.71. The summed E-state index contributed by atoms with van der Waals surface area (Å²) in [7, 11) is 0. The second-order valence-electron chi connectivity index (χ2n) is 3.84. The number of hydrogen-bond acceptors (Lipinski definition) is 2. The van der Waals surface area contributed by atoms with Gasteiger partial charge in [-0.1, -0.05) is 20.8 Å². The summed E-state index contributed by atoms with van der Waals surface area (Å²) in [4.78, 5) is 0. The molecule has 0 spiro atoms. The molecule has 0 bridgehead atoms. The van der Waals surface area contributed by atoms with E-state index in [4.69, 9.17) is 4.74 Å². The van der Waals surface area contributed by atoms with E-state index < -0.39 is 0 Å². The molecule has 2 atom stereocenters. The lowest BCUT2D eigenvalue weighted by molar-refractivity contribution is 0.0115. The Balaban J connectivity index is 3.39. The Bertz CT molecular complexity index is 102. The van der Waals surface area contributed by atoms with Crippen molar-refractivity contribution >= 4 is 0 Å². The molecule has 0 fully saturated rings. The highest BCUT2D eigenvalue weighted by Gasteiger charge is 2.08. The van der Waals surface area contributed by atoms with E-state index in [0.29, 0.717) is 5.92 Å². The fraction of sp³-hybridized carbons (Fsp3) is 1.00. The van der Waals surface area contributed by atoms with Crippen LogP contribution in [0.4, 0.5) is 0 Å². The molecule has 0 saturated heterocycles. The van der Waals surface area contributed by atoms with Crippen molar-refractivity contribution in [3.8, 4) is 0 Å². The third-order valence-electron chi connectivity index (χ3n) is 1.79. The molecule has 0 aromatic carbocycles. The van der Waals surface area contributed by atoms with Gasteiger partial charge in [0.15, 0.2) is 0 Å². The largest absolute Gasteiger partial charge is 0.393 e. The number of rotatable bonds is 6. The van der Waals surface area contributed by atoms with E-state index in [9.17, 15) is 5.11 Å². The first-order valence-electron chi connectivity index (χ1n) is 4.85. The van der Waals surface area contributed by atoms with Crippen molar-refractivity contribution in [3.05, 3.63) is 0 Å². The van der Waals surface area contributed by atoms with Crippen LogP contribution >= 0.6 is 0 Å². The lowest BCUT2D eigenvalue weighted by atomic mass is 10.1. The molecule has 0 aliphatic carbocycles. The summed E-state index contributed by atoms with van der Waals surface area (Å²) in [5.41, 5.74) is 0. The highest BCUT2D eigenvalue weighted by atomic mass is 16.5. The topological polar surface area (TPSA) is 29.5 Å². The van der Waals surface area contributed by atoms with Gasteiger partial charge in [-0.15, -0.1) is 0 Å². The van der Waals surface area contributed by atoms with Gasteiger partial charge < -0.3 is 9.84 Å². The van der Waals surface area contributed by atoms with Gasteiger partial charge in [0.2, 0.25) is 0 Å². The van der Waals surface area contributed by atoms with Gasteiger partial charge in [0.05, 0.1) is 12.2 Å². The first-order chi connectivity index (χ1) is 5.56. The van der Waals surface area contributed by atoms with Crippen molar-refractivity contribution in [2.45, 2.75) is 52.7 Å². The van der Waals surface area contributed by atoms with E-state index in [2.05, 4.69) is 13.8 Å². The molecule has 2 unspecified atom stereocenters. The second kappa shape index (κ2) is 6.44. The van der Waals surface area contributed by atoms with Gasteiger partial charge in [-0.25, -0.2) is 0 Å². The van der Waals surface area contributed by atoms with Gasteiger partial charge in [0.25, 0.3) is 0 Å². The van der Waals surface area contributed by atoms with Crippen molar-refractivity contribution in [2.75, 3.05) is 6.61 Å². The number of aliphatic hydroxyl groups excluding tert-OH is 1. The minimum atomic E-state index is -0.202. The average molecular weight is 174 g/mol. The van der Waals surface area contributed by atoms with Gasteiger partial charge in [-0.05, 0) is 25.7 Å². The van der Waals surface area contributed by atoms with Crippen LogP contribution in [0, 0.1) is 5.92 Å². The van der Waals surface area contributed by atoms with E-state index in [-0.39, 0.29) is 12.2 Å². The van der Waals surface area contributed by atoms with Gasteiger partial charge in [0, 0.05) is 6.61 Å². The fourth-order valence-corrected chi connectivity index (χ4v) is 0.975. The van der Waals surface area contributed by atoms with Crippen LogP contribution in [0.2, 0.25) is 0 Å². The predicted octanol–water partition coefficient (Wildman–Crippen LogP) is 2.21. The minimum Gasteiger partial charge on any atom is -0.393 e. The molecule has 2 nitrogen and oxygen atoms in total. The van der Waals surface area contributed by atoms with Crippen LogP contribution in [-0.2, 0) is 4.74 Å². The summed E-state index contributed by atoms with van der Waals surface area (Å²) < 4.78 is 5.52. The molecule has 0 rings (SSSR count). The molecule has 0 aliphatic heterocycles. The molecule has 1 N–H and O–H groups in total. The molecule has 0 aromatic rings. The smallest absolute Gasteiger partial charge is 0.0571 e. The zero-order chi connectivity index (χ0) is 9.56. The number of hydrogen-bond donors (Lipinski definition) is 1. The lowest BCUT2D eigenvalue weighted by Crippen LogP contribution is -2.19. The highest BCUT2D eigenvalue weighted by molar-refractivity contribution is 4.59. The van der Waals surface area contributed by atoms with Crippen LogP contribution < -0.4 is 0 Å². The standard InChI is InChI=1S/C10H22O2/c1-5-10(11)6-9(4)12-7-8(2)3/h8-11H,5-7H2,1-4H3. The normalized spacial score (nSPS) is 16.5. The maximum absolute atomic E-state index is 9.31. The fourth-order valence-electron chi connectivity index (χ4n) is 0.975. The highest BCUT2D eigenvalue weighted by Crippen LogP contribution is 2.06. The molecule has 12 heavy (non-hydrogen) atoms. The van der Waals surface area contributed by atoms with Crippen molar-refractivity contribution in [2.24, 2.45) is 5.92 Å². The van der Waals surface area contributed by atoms with Crippen LogP contribution in [0.3, 0.4) is 0 Å². The predicted molar refractivity (Wildman–Crippen MR) is 51.2 cm³/mol. The maximum atomic E-state index is 9.31. The van der Waals surface area contributed by atoms with Crippen LogP contribution in [0.5, 0.6) is 0 Å². The summed E-state index contributed by atoms with van der Waals surface area (Å²) in [5, 5.41) is 9.31. The van der Waals surface area contributed by atoms with E-state index in [1.807, 2.05) is 13.8 Å². The Morgan fingerprint density at radius 1 is 1.25 bits per heavy atom. The first-order valence-corrected chi connectivity index (χ1v) is 4.85. The third kappa shape index (κ3) is 6.62. The third-order valence-corrected chi connectivity index (χ3v) is 1.79. The summed E-state index contributed by atoms with van der Waals surface area (Å²) >= 11 is 0. The summed E-state index contributed by atoms with van der Waals surface area (Å²) in [6, 6.07) is 0. The summed E-state index contributed by atoms with van der Waals surface area (Å²) in [6.07, 6.45) is 1.55. The Labute approximate surface area is 75.9 Å². The van der Waals surface area contributed by atoms with Crippen molar-refractivity contribution in [1.82, 2.24) is 0 Å². The Kier molecular flexibility index (Phi) is 6.39. The molecule has 2 heteroatoms. The molecule has 0 radical (unpaired) electrons. The van der Waals surface area contributed by atoms with Crippen molar-refractivity contribution < 1.29 is 9.84 Å². The molecule has 0 saturated carbocycles. The molecular formula is C10H22O2. The number of aliphatic hydroxyl groups is 1. The van der Waals surface area contributed by atoms with Crippen molar-refractivity contribution in [3.63, 3.8) is 0 Å². The second-order valence-corrected chi connectivity index (χ2v) is 3.84. The van der Waals surface area contributed by atoms with Crippen molar-refractivity contribution in [1.29, 1.82) is 0 Å². The zero-order valence-electron chi connectivity index (χ0n) is 8.71. The van der Waals surface area contributed by atoms with Crippen LogP contribution in [-0.4, -0.2) is 23.9 Å². The minimum absolute atomic E-state index is 0.183. The average Bonchev–Trinajstić information content (AvgIpc) is 2.00. The quantitative estimate of drug-likeness (QED) is 0.669. The Morgan fingerprint density at radius 2 is 1.83 bits per heavy atom. The summed E-state index contributed by atoms with van der Waals surface area (Å²) in [5.74, 6) is 0.575. The van der Waals surface area contributed by atoms with Crippen LogP contribution in [0.25, 0.3) is 0 Å². The van der Waals surface area contributed by atoms with E-state index in [1.54, 1.807) is 0 Å². The summed E-state index contributed by atoms with van der Waals surface area (Å²) in [6.45, 7) is 9.05. The van der Waals surface area contributed by atoms with E-state index >= 15 is 0 Å². The first kappa shape index (κ1) is 11.9. The van der Waals surface area contributed by atoms with Crippen LogP contribution in [0.1, 0.15) is 40.5 Å². The molecule has 0 aliphatic rings. The van der Waals surface area contributed by atoms with Crippen LogP contribution in [0.15, 0.2) is 0 Å². The molecule has 0 heterocycles. The Morgan fingerprint density at radius 3 is 2.25 bits per heavy atom. The Hall–Kier alpha value is -0.0800. The molecule has 0 amide bonds.